The zero-order valence-electron chi connectivity index (χ0n) is 11.2. The average molecular weight is 231 g/mol. The molecule has 0 radical (unpaired) electrons. The molecule has 0 amide bonds. The number of aryl methyl sites for hydroxylation is 1. The summed E-state index contributed by atoms with van der Waals surface area (Å²) < 4.78 is 0. The van der Waals surface area contributed by atoms with Crippen LogP contribution in [-0.4, -0.2) is 0 Å². The van der Waals surface area contributed by atoms with E-state index in [4.69, 9.17) is 5.73 Å². The van der Waals surface area contributed by atoms with Crippen LogP contribution in [0, 0.1) is 5.92 Å². The Morgan fingerprint density at radius 2 is 2.06 bits per heavy atom. The Bertz CT molecular complexity index is 368. The molecule has 1 aliphatic rings. The Labute approximate surface area is 105 Å². The van der Waals surface area contributed by atoms with E-state index in [9.17, 15) is 0 Å². The molecule has 0 heterocycles. The SMILES string of the molecule is CCCCCC1CCc2ccccc2C1(C)N. The number of benzene rings is 1. The van der Waals surface area contributed by atoms with Crippen LogP contribution < -0.4 is 5.73 Å². The minimum atomic E-state index is -0.122. The molecular weight excluding hydrogens is 206 g/mol. The zero-order chi connectivity index (χ0) is 12.3. The summed E-state index contributed by atoms with van der Waals surface area (Å²) in [4.78, 5) is 0. The number of unbranched alkanes of at least 4 members (excludes halogenated alkanes) is 2. The van der Waals surface area contributed by atoms with Crippen molar-refractivity contribution in [3.05, 3.63) is 35.4 Å². The third kappa shape index (κ3) is 2.55. The minimum absolute atomic E-state index is 0.122. The van der Waals surface area contributed by atoms with Crippen LogP contribution in [0.1, 0.15) is 57.1 Å². The minimum Gasteiger partial charge on any atom is -0.321 e. The van der Waals surface area contributed by atoms with Gasteiger partial charge in [0.05, 0.1) is 0 Å². The third-order valence-corrected chi connectivity index (χ3v) is 4.36. The number of hydrogen-bond acceptors (Lipinski definition) is 1. The molecule has 94 valence electrons. The molecule has 1 aliphatic carbocycles. The van der Waals surface area contributed by atoms with Crippen molar-refractivity contribution in [1.82, 2.24) is 0 Å². The van der Waals surface area contributed by atoms with Crippen LogP contribution >= 0.6 is 0 Å². The lowest BCUT2D eigenvalue weighted by Crippen LogP contribution is -2.44. The van der Waals surface area contributed by atoms with Gasteiger partial charge in [-0.25, -0.2) is 0 Å². The Kier molecular flexibility index (Phi) is 3.88. The molecule has 1 aromatic rings. The highest BCUT2D eigenvalue weighted by Crippen LogP contribution is 2.39. The molecule has 1 nitrogen and oxygen atoms in total. The summed E-state index contributed by atoms with van der Waals surface area (Å²) in [5.74, 6) is 0.656. The summed E-state index contributed by atoms with van der Waals surface area (Å²) in [5, 5.41) is 0. The van der Waals surface area contributed by atoms with Crippen molar-refractivity contribution in [2.24, 2.45) is 11.7 Å². The van der Waals surface area contributed by atoms with E-state index in [1.165, 1.54) is 49.7 Å². The molecule has 0 saturated carbocycles. The van der Waals surface area contributed by atoms with Crippen molar-refractivity contribution < 1.29 is 0 Å². The van der Waals surface area contributed by atoms with Crippen LogP contribution in [0.5, 0.6) is 0 Å². The average Bonchev–Trinajstić information content (AvgIpc) is 2.32. The summed E-state index contributed by atoms with van der Waals surface area (Å²) in [6.07, 6.45) is 7.72. The molecule has 0 aliphatic heterocycles. The van der Waals surface area contributed by atoms with Gasteiger partial charge in [0, 0.05) is 5.54 Å². The summed E-state index contributed by atoms with van der Waals surface area (Å²) in [6.45, 7) is 4.49. The molecule has 0 spiro atoms. The predicted molar refractivity (Wildman–Crippen MR) is 73.9 cm³/mol. The molecule has 1 aromatic carbocycles. The predicted octanol–water partition coefficient (Wildman–Crippen LogP) is 4.00. The van der Waals surface area contributed by atoms with Crippen LogP contribution in [0.25, 0.3) is 0 Å². The number of fused-ring (bicyclic) bond motifs is 1. The van der Waals surface area contributed by atoms with E-state index >= 15 is 0 Å². The molecule has 2 unspecified atom stereocenters. The second-order valence-electron chi connectivity index (χ2n) is 5.67. The van der Waals surface area contributed by atoms with Crippen LogP contribution in [0.15, 0.2) is 24.3 Å². The van der Waals surface area contributed by atoms with E-state index < -0.39 is 0 Å². The van der Waals surface area contributed by atoms with Crippen molar-refractivity contribution in [3.8, 4) is 0 Å². The summed E-state index contributed by atoms with van der Waals surface area (Å²) >= 11 is 0. The second-order valence-corrected chi connectivity index (χ2v) is 5.67. The molecule has 2 N–H and O–H groups in total. The zero-order valence-corrected chi connectivity index (χ0v) is 11.2. The van der Waals surface area contributed by atoms with Gasteiger partial charge in [0.2, 0.25) is 0 Å². The fourth-order valence-corrected chi connectivity index (χ4v) is 3.20. The van der Waals surface area contributed by atoms with E-state index in [0.717, 1.165) is 0 Å². The first kappa shape index (κ1) is 12.6. The molecule has 0 bridgehead atoms. The monoisotopic (exact) mass is 231 g/mol. The molecule has 2 rings (SSSR count). The van der Waals surface area contributed by atoms with Gasteiger partial charge in [-0.1, -0.05) is 50.5 Å². The standard InChI is InChI=1S/C16H25N/c1-3-4-5-9-14-12-11-13-8-6-7-10-15(13)16(14,2)17/h6-8,10,14H,3-5,9,11-12,17H2,1-2H3. The van der Waals surface area contributed by atoms with Crippen molar-refractivity contribution in [2.75, 3.05) is 0 Å². The van der Waals surface area contributed by atoms with Gasteiger partial charge in [-0.3, -0.25) is 0 Å². The van der Waals surface area contributed by atoms with Gasteiger partial charge in [-0.2, -0.15) is 0 Å². The molecule has 0 saturated heterocycles. The van der Waals surface area contributed by atoms with Gasteiger partial charge in [-0.15, -0.1) is 0 Å². The highest BCUT2D eigenvalue weighted by molar-refractivity contribution is 5.36. The van der Waals surface area contributed by atoms with Gasteiger partial charge in [0.15, 0.2) is 0 Å². The van der Waals surface area contributed by atoms with Crippen molar-refractivity contribution in [2.45, 2.75) is 57.9 Å². The quantitative estimate of drug-likeness (QED) is 0.779. The van der Waals surface area contributed by atoms with Crippen molar-refractivity contribution in [1.29, 1.82) is 0 Å². The number of hydrogen-bond donors (Lipinski definition) is 1. The fraction of sp³-hybridized carbons (Fsp3) is 0.625. The van der Waals surface area contributed by atoms with E-state index in [0.29, 0.717) is 5.92 Å². The fourth-order valence-electron chi connectivity index (χ4n) is 3.20. The van der Waals surface area contributed by atoms with E-state index in [2.05, 4.69) is 38.1 Å². The van der Waals surface area contributed by atoms with Crippen LogP contribution in [0.4, 0.5) is 0 Å². The highest BCUT2D eigenvalue weighted by Gasteiger charge is 2.36. The van der Waals surface area contributed by atoms with Crippen LogP contribution in [0.2, 0.25) is 0 Å². The van der Waals surface area contributed by atoms with Gasteiger partial charge in [-0.05, 0) is 43.2 Å². The van der Waals surface area contributed by atoms with Gasteiger partial charge < -0.3 is 5.73 Å². The Balaban J connectivity index is 2.13. The Hall–Kier alpha value is -0.820. The lowest BCUT2D eigenvalue weighted by atomic mass is 9.69. The largest absolute Gasteiger partial charge is 0.321 e. The third-order valence-electron chi connectivity index (χ3n) is 4.36. The highest BCUT2D eigenvalue weighted by atomic mass is 14.8. The molecule has 2 atom stereocenters. The maximum Gasteiger partial charge on any atom is 0.0412 e. The first-order valence-corrected chi connectivity index (χ1v) is 7.03. The van der Waals surface area contributed by atoms with Gasteiger partial charge >= 0.3 is 0 Å². The summed E-state index contributed by atoms with van der Waals surface area (Å²) in [7, 11) is 0. The van der Waals surface area contributed by atoms with Crippen molar-refractivity contribution >= 4 is 0 Å². The van der Waals surface area contributed by atoms with E-state index in [-0.39, 0.29) is 5.54 Å². The van der Waals surface area contributed by atoms with Crippen molar-refractivity contribution in [3.63, 3.8) is 0 Å². The number of rotatable bonds is 4. The van der Waals surface area contributed by atoms with E-state index in [1.54, 1.807) is 0 Å². The lowest BCUT2D eigenvalue weighted by molar-refractivity contribution is 0.240. The number of nitrogens with two attached hydrogens (primary N) is 1. The Morgan fingerprint density at radius 3 is 2.82 bits per heavy atom. The first-order chi connectivity index (χ1) is 8.16. The molecule has 17 heavy (non-hydrogen) atoms. The molecule has 0 fully saturated rings. The lowest BCUT2D eigenvalue weighted by Gasteiger charge is -2.40. The van der Waals surface area contributed by atoms with Gasteiger partial charge in [0.1, 0.15) is 0 Å². The smallest absolute Gasteiger partial charge is 0.0412 e. The molecule has 1 heteroatoms. The summed E-state index contributed by atoms with van der Waals surface area (Å²) in [5.41, 5.74) is 9.34. The van der Waals surface area contributed by atoms with Crippen LogP contribution in [-0.2, 0) is 12.0 Å². The topological polar surface area (TPSA) is 26.0 Å². The maximum atomic E-state index is 6.62. The summed E-state index contributed by atoms with van der Waals surface area (Å²) in [6, 6.07) is 8.72. The maximum absolute atomic E-state index is 6.62. The van der Waals surface area contributed by atoms with Gasteiger partial charge in [0.25, 0.3) is 0 Å². The Morgan fingerprint density at radius 1 is 1.29 bits per heavy atom. The molecular formula is C16H25N. The van der Waals surface area contributed by atoms with E-state index in [1.807, 2.05) is 0 Å². The first-order valence-electron chi connectivity index (χ1n) is 7.03. The van der Waals surface area contributed by atoms with Crippen LogP contribution in [0.3, 0.4) is 0 Å². The molecule has 0 aromatic heterocycles. The normalized spacial score (nSPS) is 27.8. The second kappa shape index (κ2) is 5.22.